The maximum Gasteiger partial charge on any atom is 0 e. The van der Waals surface area contributed by atoms with Gasteiger partial charge in [-0.2, -0.15) is 0 Å². The first-order chi connectivity index (χ1) is 8.66. The summed E-state index contributed by atoms with van der Waals surface area (Å²) in [5, 5.41) is 0. The molecule has 0 aliphatic carbocycles. The Kier molecular flexibility index (Phi) is 81.0. The number of rotatable bonds is 0. The van der Waals surface area contributed by atoms with Crippen LogP contribution in [0.4, 0.5) is 0 Å². The molecule has 0 spiro atoms. The second kappa shape index (κ2) is 39.7. The molecule has 0 aromatic heterocycles. The van der Waals surface area contributed by atoms with Gasteiger partial charge in [-0.1, -0.05) is 0 Å². The van der Waals surface area contributed by atoms with E-state index in [-0.39, 0.29) is 37.1 Å². The van der Waals surface area contributed by atoms with Gasteiger partial charge < -0.3 is 0 Å². The van der Waals surface area contributed by atoms with Gasteiger partial charge in [-0.3, -0.25) is 0 Å². The van der Waals surface area contributed by atoms with Gasteiger partial charge in [0.25, 0.3) is 0 Å². The molecule has 2 radical (unpaired) electrons. The summed E-state index contributed by atoms with van der Waals surface area (Å²) in [5.74, 6) is 0. The van der Waals surface area contributed by atoms with E-state index in [1.165, 1.54) is 0 Å². The van der Waals surface area contributed by atoms with E-state index in [1.54, 1.807) is 0 Å². The quantitative estimate of drug-likeness (QED) is 0.204. The maximum absolute atomic E-state index is 8.61. The van der Waals surface area contributed by atoms with E-state index in [0.29, 0.717) is 0 Å². The van der Waals surface area contributed by atoms with Crippen molar-refractivity contribution in [2.45, 2.75) is 0 Å². The zero-order valence-corrected chi connectivity index (χ0v) is 26.6. The topological polar surface area (TPSA) is 316 Å². The van der Waals surface area contributed by atoms with Gasteiger partial charge >= 0.3 is 153 Å². The minimum atomic E-state index is -4.29. The van der Waals surface area contributed by atoms with Crippen molar-refractivity contribution in [3.8, 4) is 0 Å². The van der Waals surface area contributed by atoms with Crippen molar-refractivity contribution in [1.29, 1.82) is 0 Å². The molecule has 0 bridgehead atoms. The number of hydrogen-bond acceptors (Lipinski definition) is 15. The maximum atomic E-state index is 8.61. The van der Waals surface area contributed by atoms with Gasteiger partial charge in [0.15, 0.2) is 0 Å². The van der Waals surface area contributed by atoms with Crippen molar-refractivity contribution in [1.82, 2.24) is 0 Å². The second-order valence-electron chi connectivity index (χ2n) is 1.25. The van der Waals surface area contributed by atoms with Gasteiger partial charge in [0.2, 0.25) is 0 Å². The Hall–Kier alpha value is 3.76. The third kappa shape index (κ3) is 870. The molecule has 0 aliphatic heterocycles. The fourth-order valence-electron chi connectivity index (χ4n) is 0. The van der Waals surface area contributed by atoms with Crippen LogP contribution in [-0.4, -0.2) is 103 Å². The molecule has 0 rings (SSSR count). The fourth-order valence-corrected chi connectivity index (χ4v) is 0. The van der Waals surface area contributed by atoms with E-state index in [9.17, 15) is 0 Å². The predicted molar refractivity (Wildman–Crippen MR) is 32.2 cm³/mol. The van der Waals surface area contributed by atoms with Gasteiger partial charge in [-0.05, 0) is 0 Å². The van der Waals surface area contributed by atoms with E-state index in [1.807, 2.05) is 0 Å². The first kappa shape index (κ1) is 44.9. The molecule has 0 saturated heterocycles. The van der Waals surface area contributed by atoms with Crippen molar-refractivity contribution in [3.05, 3.63) is 0 Å². The summed E-state index contributed by atoms with van der Waals surface area (Å²) in [6.07, 6.45) is 0. The third-order valence-electron chi connectivity index (χ3n) is 0. The normalized spacial score (nSPS) is 5.91. The molecule has 0 aliphatic rings. The van der Waals surface area contributed by atoms with Gasteiger partial charge in [0.05, 0.1) is 0 Å². The molecule has 22 heavy (non-hydrogen) atoms. The summed E-state index contributed by atoms with van der Waals surface area (Å²) >= 11 is -21.5. The monoisotopic (exact) mass is 941 g/mol. The molecule has 15 nitrogen and oxygen atoms in total. The molecule has 0 fully saturated rings. The van der Waals surface area contributed by atoms with Crippen LogP contribution in [0, 0.1) is 0 Å². The first-order valence-corrected chi connectivity index (χ1v) is 20.5. The predicted octanol–water partition coefficient (Wildman–Crippen LogP) is -14.4. The van der Waals surface area contributed by atoms with Crippen LogP contribution < -0.4 is 34.4 Å². The van der Waals surface area contributed by atoms with E-state index >= 15 is 0 Å². The van der Waals surface area contributed by atoms with Crippen LogP contribution in [0.15, 0.2) is 0 Å². The summed E-state index contributed by atoms with van der Waals surface area (Å²) in [7, 11) is 0. The molecule has 0 saturated carbocycles. The molecule has 0 heterocycles. The summed E-state index contributed by atoms with van der Waals surface area (Å²) in [4.78, 5) is 0. The Bertz CT molecular complexity index is 211. The Morgan fingerprint density at radius 1 is 0.318 bits per heavy atom. The second-order valence-corrected chi connectivity index (χ2v) is 8.39. The van der Waals surface area contributed by atoms with Crippen molar-refractivity contribution in [2.75, 3.05) is 0 Å². The average molecular weight is 935 g/mol. The minimum Gasteiger partial charge on any atom is 0 e. The standard InChI is InChI=1S/15O.5Sn.2V/q;;;;;10*-1;;;;;;;. The van der Waals surface area contributed by atoms with Crippen LogP contribution in [0.1, 0.15) is 0 Å². The fraction of sp³-hybridized carbons (Fsp3) is 0. The average Bonchev–Trinajstić information content (AvgIpc) is 1.94. The SMILES string of the molecule is [O]=[Sn]([O-])[O-].[O]=[Sn]([O-])[O-].[O]=[Sn]([O-])[O-].[O]=[Sn]([O-])[O-].[O]=[Sn]([O-])[O-].[V].[V]. The van der Waals surface area contributed by atoms with Crippen molar-refractivity contribution in [2.24, 2.45) is 0 Å². The summed E-state index contributed by atoms with van der Waals surface area (Å²) in [6, 6.07) is 0. The van der Waals surface area contributed by atoms with Crippen LogP contribution in [-0.2, 0) is 52.5 Å². The molecule has 0 atom stereocenters. The number of hydrogen-bond donors (Lipinski definition) is 0. The zero-order chi connectivity index (χ0) is 17.9. The minimum absolute atomic E-state index is 0. The van der Waals surface area contributed by atoms with Gasteiger partial charge in [0, 0.05) is 37.1 Å². The van der Waals surface area contributed by atoms with Crippen molar-refractivity contribution >= 4 is 103 Å². The van der Waals surface area contributed by atoms with Crippen LogP contribution in [0.2, 0.25) is 0 Å². The van der Waals surface area contributed by atoms with E-state index < -0.39 is 103 Å². The van der Waals surface area contributed by atoms with E-state index in [4.69, 9.17) is 49.8 Å². The molecule has 22 heteroatoms. The smallest absolute Gasteiger partial charge is 0 e. The van der Waals surface area contributed by atoms with Crippen molar-refractivity contribution < 1.29 is 86.9 Å². The van der Waals surface area contributed by atoms with Gasteiger partial charge in [0.1, 0.15) is 0 Å². The Morgan fingerprint density at radius 3 is 0.318 bits per heavy atom. The van der Waals surface area contributed by atoms with E-state index in [2.05, 4.69) is 0 Å². The third-order valence-corrected chi connectivity index (χ3v) is 0. The van der Waals surface area contributed by atoms with Gasteiger partial charge in [-0.25, -0.2) is 0 Å². The van der Waals surface area contributed by atoms with Crippen LogP contribution in [0.3, 0.4) is 0 Å². The molecular formula is O15Sn5V2-10. The van der Waals surface area contributed by atoms with Crippen LogP contribution >= 0.6 is 0 Å². The summed E-state index contributed by atoms with van der Waals surface area (Å²) in [5.41, 5.74) is 0. The van der Waals surface area contributed by atoms with E-state index in [0.717, 1.165) is 0 Å². The Labute approximate surface area is 186 Å². The summed E-state index contributed by atoms with van der Waals surface area (Å²) < 4.78 is 129. The van der Waals surface area contributed by atoms with Crippen LogP contribution in [0.25, 0.3) is 0 Å². The van der Waals surface area contributed by atoms with Crippen LogP contribution in [0.5, 0.6) is 0 Å². The molecule has 0 unspecified atom stereocenters. The van der Waals surface area contributed by atoms with Crippen molar-refractivity contribution in [3.63, 3.8) is 0 Å². The Morgan fingerprint density at radius 2 is 0.318 bits per heavy atom. The largest absolute Gasteiger partial charge is 0 e. The molecule has 0 aromatic carbocycles. The molecule has 0 amide bonds. The molecule has 0 aromatic rings. The molecule has 130 valence electrons. The summed E-state index contributed by atoms with van der Waals surface area (Å²) in [6.45, 7) is 0. The van der Waals surface area contributed by atoms with Gasteiger partial charge in [-0.15, -0.1) is 0 Å². The Balaban J connectivity index is -0.0000000250. The zero-order valence-electron chi connectivity index (χ0n) is 9.52. The first-order valence-electron chi connectivity index (χ1n) is 3.06. The molecule has 0 N–H and O–H groups in total. The molecular weight excluding hydrogens is 935 g/mol.